The number of rotatable bonds is 4. The maximum absolute atomic E-state index is 11.8. The number of carbonyl (C=O) groups is 2. The average Bonchev–Trinajstić information content (AvgIpc) is 2.24. The number of hydrogen-bond donors (Lipinski definition) is 1. The minimum atomic E-state index is -1.04. The minimum Gasteiger partial charge on any atom is -0.479 e. The van der Waals surface area contributed by atoms with E-state index in [1.807, 2.05) is 13.8 Å². The zero-order chi connectivity index (χ0) is 13.0. The molecule has 1 heterocycles. The molecule has 1 N–H and O–H groups in total. The van der Waals surface area contributed by atoms with Crippen molar-refractivity contribution in [1.82, 2.24) is 4.90 Å². The van der Waals surface area contributed by atoms with Gasteiger partial charge in [0.2, 0.25) is 5.91 Å². The lowest BCUT2D eigenvalue weighted by atomic mass is 10.2. The van der Waals surface area contributed by atoms with Gasteiger partial charge < -0.3 is 19.5 Å². The highest BCUT2D eigenvalue weighted by atomic mass is 16.5. The number of morpholine rings is 1. The third-order valence-electron chi connectivity index (χ3n) is 2.43. The molecule has 1 aliphatic rings. The molecule has 0 bridgehead atoms. The monoisotopic (exact) mass is 245 g/mol. The fourth-order valence-corrected chi connectivity index (χ4v) is 1.62. The van der Waals surface area contributed by atoms with Crippen molar-refractivity contribution in [2.24, 2.45) is 0 Å². The molecule has 6 nitrogen and oxygen atoms in total. The number of ether oxygens (including phenoxy) is 2. The first-order chi connectivity index (χ1) is 7.90. The molecule has 0 aromatic rings. The summed E-state index contributed by atoms with van der Waals surface area (Å²) >= 11 is 0. The Morgan fingerprint density at radius 2 is 2.12 bits per heavy atom. The molecule has 0 aromatic heterocycles. The Hall–Kier alpha value is -1.14. The van der Waals surface area contributed by atoms with Crippen LogP contribution in [0.5, 0.6) is 0 Å². The number of carbonyl (C=O) groups excluding carboxylic acids is 1. The summed E-state index contributed by atoms with van der Waals surface area (Å²) in [6.45, 7) is 5.91. The first kappa shape index (κ1) is 13.9. The predicted octanol–water partition coefficient (Wildman–Crippen LogP) is 0.112. The molecule has 1 aliphatic heterocycles. The lowest BCUT2D eigenvalue weighted by Crippen LogP contribution is -2.52. The molecule has 1 amide bonds. The minimum absolute atomic E-state index is 0.0171. The summed E-state index contributed by atoms with van der Waals surface area (Å²) in [7, 11) is 0. The van der Waals surface area contributed by atoms with Crippen LogP contribution in [0.2, 0.25) is 0 Å². The average molecular weight is 245 g/mol. The van der Waals surface area contributed by atoms with Crippen molar-refractivity contribution in [2.75, 3.05) is 19.7 Å². The first-order valence-electron chi connectivity index (χ1n) is 5.67. The van der Waals surface area contributed by atoms with E-state index in [2.05, 4.69) is 0 Å². The fourth-order valence-electron chi connectivity index (χ4n) is 1.62. The van der Waals surface area contributed by atoms with E-state index in [4.69, 9.17) is 14.6 Å². The summed E-state index contributed by atoms with van der Waals surface area (Å²) in [6, 6.07) is 0. The highest BCUT2D eigenvalue weighted by Crippen LogP contribution is 2.11. The van der Waals surface area contributed by atoms with E-state index in [-0.39, 0.29) is 31.3 Å². The fraction of sp³-hybridized carbons (Fsp3) is 0.818. The lowest BCUT2D eigenvalue weighted by molar-refractivity contribution is -0.168. The quantitative estimate of drug-likeness (QED) is 0.761. The smallest absolute Gasteiger partial charge is 0.334 e. The van der Waals surface area contributed by atoms with Gasteiger partial charge in [-0.3, -0.25) is 4.79 Å². The van der Waals surface area contributed by atoms with Gasteiger partial charge in [-0.1, -0.05) is 0 Å². The second kappa shape index (κ2) is 5.97. The summed E-state index contributed by atoms with van der Waals surface area (Å²) in [5.74, 6) is -1.24. The van der Waals surface area contributed by atoms with Crippen molar-refractivity contribution >= 4 is 11.9 Å². The highest BCUT2D eigenvalue weighted by molar-refractivity contribution is 5.79. The summed E-state index contributed by atoms with van der Waals surface area (Å²) in [6.07, 6.45) is -1.23. The Balaban J connectivity index is 2.52. The number of hydrogen-bond acceptors (Lipinski definition) is 4. The van der Waals surface area contributed by atoms with Gasteiger partial charge in [0.1, 0.15) is 6.61 Å². The molecule has 1 fully saturated rings. The van der Waals surface area contributed by atoms with E-state index < -0.39 is 12.1 Å². The van der Waals surface area contributed by atoms with Crippen LogP contribution in [0, 0.1) is 0 Å². The van der Waals surface area contributed by atoms with E-state index in [0.29, 0.717) is 6.54 Å². The molecule has 1 unspecified atom stereocenters. The zero-order valence-electron chi connectivity index (χ0n) is 10.4. The van der Waals surface area contributed by atoms with E-state index in [0.717, 1.165) is 0 Å². The van der Waals surface area contributed by atoms with Crippen molar-refractivity contribution in [3.8, 4) is 0 Å². The van der Waals surface area contributed by atoms with Gasteiger partial charge in [-0.15, -0.1) is 0 Å². The van der Waals surface area contributed by atoms with Gasteiger partial charge in [0.25, 0.3) is 0 Å². The van der Waals surface area contributed by atoms with Crippen LogP contribution in [0.25, 0.3) is 0 Å². The van der Waals surface area contributed by atoms with Crippen LogP contribution in [0.1, 0.15) is 20.8 Å². The van der Waals surface area contributed by atoms with Gasteiger partial charge >= 0.3 is 5.97 Å². The topological polar surface area (TPSA) is 76.1 Å². The van der Waals surface area contributed by atoms with Crippen LogP contribution in [-0.2, 0) is 19.1 Å². The molecule has 0 aromatic carbocycles. The molecule has 0 saturated carbocycles. The third kappa shape index (κ3) is 4.32. The highest BCUT2D eigenvalue weighted by Gasteiger charge is 2.32. The zero-order valence-corrected chi connectivity index (χ0v) is 10.4. The van der Waals surface area contributed by atoms with Crippen LogP contribution < -0.4 is 0 Å². The Bertz CT molecular complexity index is 292. The maximum Gasteiger partial charge on any atom is 0.334 e. The van der Waals surface area contributed by atoms with Crippen molar-refractivity contribution < 1.29 is 24.2 Å². The van der Waals surface area contributed by atoms with Crippen molar-refractivity contribution in [2.45, 2.75) is 39.1 Å². The Kier molecular flexibility index (Phi) is 4.89. The van der Waals surface area contributed by atoms with Gasteiger partial charge in [-0.2, -0.15) is 0 Å². The summed E-state index contributed by atoms with van der Waals surface area (Å²) < 4.78 is 10.4. The van der Waals surface area contributed by atoms with Crippen molar-refractivity contribution in [3.05, 3.63) is 0 Å². The Morgan fingerprint density at radius 3 is 2.65 bits per heavy atom. The van der Waals surface area contributed by atoms with Crippen LogP contribution in [0.15, 0.2) is 0 Å². The van der Waals surface area contributed by atoms with Gasteiger partial charge in [-0.25, -0.2) is 4.79 Å². The molecule has 2 atom stereocenters. The predicted molar refractivity (Wildman–Crippen MR) is 59.6 cm³/mol. The first-order valence-corrected chi connectivity index (χ1v) is 5.67. The molecule has 0 spiro atoms. The standard InChI is InChI=1S/C11H19NO5/c1-7(2)16-6-10(13)12-4-8(3)17-9(5-12)11(14)15/h7-9H,4-6H2,1-3H3,(H,14,15)/t8-,9?/m1/s1. The largest absolute Gasteiger partial charge is 0.479 e. The van der Waals surface area contributed by atoms with Crippen molar-refractivity contribution in [1.29, 1.82) is 0 Å². The summed E-state index contributed by atoms with van der Waals surface area (Å²) in [4.78, 5) is 24.1. The number of nitrogens with zero attached hydrogens (tertiary/aromatic N) is 1. The lowest BCUT2D eigenvalue weighted by Gasteiger charge is -2.35. The molecule has 1 saturated heterocycles. The summed E-state index contributed by atoms with van der Waals surface area (Å²) in [5.41, 5.74) is 0. The van der Waals surface area contributed by atoms with Crippen LogP contribution in [0.3, 0.4) is 0 Å². The van der Waals surface area contributed by atoms with Gasteiger partial charge in [0.15, 0.2) is 6.10 Å². The molecular weight excluding hydrogens is 226 g/mol. The van der Waals surface area contributed by atoms with Crippen LogP contribution in [-0.4, -0.2) is 59.9 Å². The SMILES string of the molecule is CC(C)OCC(=O)N1CC(C(=O)O)O[C@H](C)C1. The van der Waals surface area contributed by atoms with Gasteiger partial charge in [0, 0.05) is 6.54 Å². The van der Waals surface area contributed by atoms with E-state index in [1.165, 1.54) is 4.90 Å². The third-order valence-corrected chi connectivity index (χ3v) is 2.43. The molecule has 17 heavy (non-hydrogen) atoms. The Labute approximate surface area is 100 Å². The second-order valence-electron chi connectivity index (χ2n) is 4.43. The normalized spacial score (nSPS) is 25.1. The van der Waals surface area contributed by atoms with Gasteiger partial charge in [0.05, 0.1) is 18.8 Å². The van der Waals surface area contributed by atoms with E-state index >= 15 is 0 Å². The number of carboxylic acid groups (broad SMARTS) is 1. The molecule has 0 aliphatic carbocycles. The van der Waals surface area contributed by atoms with E-state index in [1.54, 1.807) is 6.92 Å². The molecule has 1 rings (SSSR count). The maximum atomic E-state index is 11.8. The molecular formula is C11H19NO5. The van der Waals surface area contributed by atoms with Gasteiger partial charge in [-0.05, 0) is 20.8 Å². The second-order valence-corrected chi connectivity index (χ2v) is 4.43. The number of aliphatic carboxylic acids is 1. The molecule has 0 radical (unpaired) electrons. The number of amides is 1. The Morgan fingerprint density at radius 1 is 1.47 bits per heavy atom. The van der Waals surface area contributed by atoms with Crippen molar-refractivity contribution in [3.63, 3.8) is 0 Å². The molecule has 6 heteroatoms. The van der Waals surface area contributed by atoms with Crippen LogP contribution in [0.4, 0.5) is 0 Å². The summed E-state index contributed by atoms with van der Waals surface area (Å²) in [5, 5.41) is 8.88. The molecule has 98 valence electrons. The van der Waals surface area contributed by atoms with E-state index in [9.17, 15) is 9.59 Å². The van der Waals surface area contributed by atoms with Crippen LogP contribution >= 0.6 is 0 Å². The number of carboxylic acids is 1.